The number of ketones is 1. The lowest BCUT2D eigenvalue weighted by Crippen LogP contribution is -2.55. The Bertz CT molecular complexity index is 197. The summed E-state index contributed by atoms with van der Waals surface area (Å²) in [5, 5.41) is 3.14. The summed E-state index contributed by atoms with van der Waals surface area (Å²) < 4.78 is 0. The second kappa shape index (κ2) is 4.34. The van der Waals surface area contributed by atoms with E-state index in [1.165, 1.54) is 6.92 Å². The lowest BCUT2D eigenvalue weighted by Gasteiger charge is -2.31. The molecule has 1 aliphatic rings. The highest BCUT2D eigenvalue weighted by atomic mass is 16.2. The highest BCUT2D eigenvalue weighted by Crippen LogP contribution is 2.02. The maximum Gasteiger partial charge on any atom is 0.242 e. The van der Waals surface area contributed by atoms with Gasteiger partial charge in [-0.2, -0.15) is 0 Å². The molecule has 1 fully saturated rings. The number of nitrogens with two attached hydrogens (primary N) is 1. The standard InChI is InChI=1S/C8H15N3O2/c1-6(12)7(8(9)13)11-4-2-10-3-5-11/h7,10H,2-5H2,1H3,(H2,9,13). The van der Waals surface area contributed by atoms with Crippen molar-refractivity contribution in [3.05, 3.63) is 0 Å². The SMILES string of the molecule is CC(=O)C(C(N)=O)N1CCNCC1. The maximum absolute atomic E-state index is 11.1. The second-order valence-corrected chi connectivity index (χ2v) is 3.20. The fourth-order valence-corrected chi connectivity index (χ4v) is 1.58. The molecule has 1 amide bonds. The zero-order valence-corrected chi connectivity index (χ0v) is 7.75. The number of hydrogen-bond acceptors (Lipinski definition) is 4. The van der Waals surface area contributed by atoms with Crippen molar-refractivity contribution < 1.29 is 9.59 Å². The molecule has 0 aromatic rings. The van der Waals surface area contributed by atoms with Gasteiger partial charge in [0.1, 0.15) is 6.04 Å². The minimum Gasteiger partial charge on any atom is -0.368 e. The molecule has 1 rings (SSSR count). The number of nitrogens with one attached hydrogen (secondary N) is 1. The van der Waals surface area contributed by atoms with Gasteiger partial charge in [0, 0.05) is 26.2 Å². The molecule has 0 saturated carbocycles. The van der Waals surface area contributed by atoms with E-state index < -0.39 is 11.9 Å². The Kier molecular flexibility index (Phi) is 3.39. The zero-order chi connectivity index (χ0) is 9.84. The lowest BCUT2D eigenvalue weighted by atomic mass is 10.1. The highest BCUT2D eigenvalue weighted by Gasteiger charge is 2.28. The normalized spacial score (nSPS) is 21.0. The Hall–Kier alpha value is -0.940. The molecular formula is C8H15N3O2. The third-order valence-corrected chi connectivity index (χ3v) is 2.17. The van der Waals surface area contributed by atoms with Crippen molar-refractivity contribution >= 4 is 11.7 Å². The van der Waals surface area contributed by atoms with Crippen molar-refractivity contribution in [2.45, 2.75) is 13.0 Å². The Labute approximate surface area is 77.3 Å². The maximum atomic E-state index is 11.1. The molecule has 1 aliphatic heterocycles. The first-order valence-electron chi connectivity index (χ1n) is 4.37. The Morgan fingerprint density at radius 3 is 2.31 bits per heavy atom. The average molecular weight is 185 g/mol. The van der Waals surface area contributed by atoms with E-state index in [2.05, 4.69) is 5.32 Å². The van der Waals surface area contributed by atoms with Gasteiger partial charge in [-0.05, 0) is 6.92 Å². The van der Waals surface area contributed by atoms with Gasteiger partial charge in [0.05, 0.1) is 0 Å². The summed E-state index contributed by atoms with van der Waals surface area (Å²) in [7, 11) is 0. The number of amides is 1. The van der Waals surface area contributed by atoms with Crippen LogP contribution in [0.4, 0.5) is 0 Å². The fraction of sp³-hybridized carbons (Fsp3) is 0.750. The second-order valence-electron chi connectivity index (χ2n) is 3.20. The Morgan fingerprint density at radius 1 is 1.38 bits per heavy atom. The monoisotopic (exact) mass is 185 g/mol. The van der Waals surface area contributed by atoms with Crippen LogP contribution in [-0.2, 0) is 9.59 Å². The number of carbonyl (C=O) groups is 2. The average Bonchev–Trinajstić information content (AvgIpc) is 2.04. The molecule has 74 valence electrons. The van der Waals surface area contributed by atoms with Crippen molar-refractivity contribution in [2.24, 2.45) is 5.73 Å². The molecule has 0 aromatic heterocycles. The summed E-state index contributed by atoms with van der Waals surface area (Å²) in [6, 6.07) is -0.734. The third-order valence-electron chi connectivity index (χ3n) is 2.17. The largest absolute Gasteiger partial charge is 0.368 e. The molecular weight excluding hydrogens is 170 g/mol. The molecule has 0 bridgehead atoms. The van der Waals surface area contributed by atoms with E-state index >= 15 is 0 Å². The molecule has 0 spiro atoms. The molecule has 0 aromatic carbocycles. The first-order chi connectivity index (χ1) is 6.13. The van der Waals surface area contributed by atoms with Gasteiger partial charge in [0.25, 0.3) is 0 Å². The summed E-state index contributed by atoms with van der Waals surface area (Å²) in [5.74, 6) is -0.719. The van der Waals surface area contributed by atoms with Gasteiger partial charge in [-0.15, -0.1) is 0 Å². The molecule has 1 atom stereocenters. The molecule has 1 heterocycles. The molecule has 0 radical (unpaired) electrons. The van der Waals surface area contributed by atoms with Crippen LogP contribution in [-0.4, -0.2) is 48.8 Å². The van der Waals surface area contributed by atoms with Crippen molar-refractivity contribution in [1.29, 1.82) is 0 Å². The molecule has 1 unspecified atom stereocenters. The molecule has 1 saturated heterocycles. The van der Waals surface area contributed by atoms with E-state index in [9.17, 15) is 9.59 Å². The zero-order valence-electron chi connectivity index (χ0n) is 7.75. The van der Waals surface area contributed by atoms with E-state index in [-0.39, 0.29) is 5.78 Å². The van der Waals surface area contributed by atoms with E-state index in [0.717, 1.165) is 13.1 Å². The third kappa shape index (κ3) is 2.50. The fourth-order valence-electron chi connectivity index (χ4n) is 1.58. The van der Waals surface area contributed by atoms with Gasteiger partial charge in [0.2, 0.25) is 5.91 Å². The smallest absolute Gasteiger partial charge is 0.242 e. The first-order valence-corrected chi connectivity index (χ1v) is 4.37. The van der Waals surface area contributed by atoms with Gasteiger partial charge in [0.15, 0.2) is 5.78 Å². The van der Waals surface area contributed by atoms with E-state index in [1.807, 2.05) is 4.90 Å². The number of carbonyl (C=O) groups excluding carboxylic acids is 2. The number of Topliss-reactive ketones (excluding diaryl/α,β-unsaturated/α-hetero) is 1. The highest BCUT2D eigenvalue weighted by molar-refractivity contribution is 6.03. The number of primary amides is 1. The number of nitrogens with zero attached hydrogens (tertiary/aromatic N) is 1. The minimum atomic E-state index is -0.734. The van der Waals surface area contributed by atoms with Crippen LogP contribution in [0.2, 0.25) is 0 Å². The first kappa shape index (κ1) is 10.1. The van der Waals surface area contributed by atoms with Gasteiger partial charge in [-0.3, -0.25) is 14.5 Å². The van der Waals surface area contributed by atoms with Gasteiger partial charge < -0.3 is 11.1 Å². The van der Waals surface area contributed by atoms with E-state index in [4.69, 9.17) is 5.73 Å². The minimum absolute atomic E-state index is 0.172. The van der Waals surface area contributed by atoms with Gasteiger partial charge >= 0.3 is 0 Å². The molecule has 13 heavy (non-hydrogen) atoms. The predicted octanol–water partition coefficient (Wildman–Crippen LogP) is -1.67. The summed E-state index contributed by atoms with van der Waals surface area (Å²) in [6.45, 7) is 4.41. The van der Waals surface area contributed by atoms with Crippen molar-refractivity contribution in [1.82, 2.24) is 10.2 Å². The quantitative estimate of drug-likeness (QED) is 0.516. The summed E-state index contributed by atoms with van der Waals surface area (Å²) in [5.41, 5.74) is 5.15. The van der Waals surface area contributed by atoms with Crippen LogP contribution >= 0.6 is 0 Å². The van der Waals surface area contributed by atoms with Crippen LogP contribution in [0.25, 0.3) is 0 Å². The van der Waals surface area contributed by atoms with E-state index in [1.54, 1.807) is 0 Å². The van der Waals surface area contributed by atoms with Gasteiger partial charge in [-0.25, -0.2) is 0 Å². The van der Waals surface area contributed by atoms with Crippen LogP contribution in [0, 0.1) is 0 Å². The van der Waals surface area contributed by atoms with Crippen molar-refractivity contribution in [2.75, 3.05) is 26.2 Å². The van der Waals surface area contributed by atoms with E-state index in [0.29, 0.717) is 13.1 Å². The lowest BCUT2D eigenvalue weighted by molar-refractivity contribution is -0.133. The molecule has 0 aliphatic carbocycles. The number of hydrogen-bond donors (Lipinski definition) is 2. The van der Waals surface area contributed by atoms with Gasteiger partial charge in [-0.1, -0.05) is 0 Å². The Morgan fingerprint density at radius 2 is 1.92 bits per heavy atom. The van der Waals surface area contributed by atoms with Crippen LogP contribution < -0.4 is 11.1 Å². The van der Waals surface area contributed by atoms with Crippen molar-refractivity contribution in [3.8, 4) is 0 Å². The molecule has 3 N–H and O–H groups in total. The van der Waals surface area contributed by atoms with Crippen LogP contribution in [0.1, 0.15) is 6.92 Å². The van der Waals surface area contributed by atoms with Crippen LogP contribution in [0.15, 0.2) is 0 Å². The van der Waals surface area contributed by atoms with Crippen LogP contribution in [0.5, 0.6) is 0 Å². The summed E-state index contributed by atoms with van der Waals surface area (Å²) in [6.07, 6.45) is 0. The molecule has 5 nitrogen and oxygen atoms in total. The van der Waals surface area contributed by atoms with Crippen LogP contribution in [0.3, 0.4) is 0 Å². The van der Waals surface area contributed by atoms with Crippen molar-refractivity contribution in [3.63, 3.8) is 0 Å². The summed E-state index contributed by atoms with van der Waals surface area (Å²) in [4.78, 5) is 23.9. The Balaban J connectivity index is 2.62. The topological polar surface area (TPSA) is 75.4 Å². The predicted molar refractivity (Wildman–Crippen MR) is 48.1 cm³/mol. The molecule has 5 heteroatoms. The number of rotatable bonds is 3. The number of piperazine rings is 1. The summed E-state index contributed by atoms with van der Waals surface area (Å²) >= 11 is 0.